The van der Waals surface area contributed by atoms with Gasteiger partial charge in [-0.1, -0.05) is 26.0 Å². The Morgan fingerprint density at radius 2 is 2.00 bits per heavy atom. The van der Waals surface area contributed by atoms with Crippen LogP contribution in [0.3, 0.4) is 0 Å². The molecule has 0 N–H and O–H groups in total. The highest BCUT2D eigenvalue weighted by molar-refractivity contribution is 5.79. The van der Waals surface area contributed by atoms with Gasteiger partial charge in [-0.25, -0.2) is 4.98 Å². The van der Waals surface area contributed by atoms with E-state index in [0.29, 0.717) is 22.9 Å². The topological polar surface area (TPSA) is 58.4 Å². The van der Waals surface area contributed by atoms with E-state index in [1.807, 2.05) is 23.1 Å². The molecule has 2 heterocycles. The largest absolute Gasteiger partial charge is 0.340 e. The van der Waals surface area contributed by atoms with Gasteiger partial charge in [0, 0.05) is 32.2 Å². The van der Waals surface area contributed by atoms with Crippen LogP contribution >= 0.6 is 0 Å². The molecule has 0 bridgehead atoms. The van der Waals surface area contributed by atoms with E-state index in [0.717, 1.165) is 32.0 Å². The monoisotopic (exact) mass is 382 g/mol. The lowest BCUT2D eigenvalue weighted by atomic mass is 10.0. The molecule has 1 aromatic carbocycles. The number of hydrogen-bond acceptors (Lipinski definition) is 4. The van der Waals surface area contributed by atoms with Crippen LogP contribution in [0.5, 0.6) is 0 Å². The van der Waals surface area contributed by atoms with Gasteiger partial charge >= 0.3 is 0 Å². The molecule has 28 heavy (non-hydrogen) atoms. The van der Waals surface area contributed by atoms with Gasteiger partial charge in [0.15, 0.2) is 0 Å². The summed E-state index contributed by atoms with van der Waals surface area (Å²) >= 11 is 0. The second kappa shape index (κ2) is 8.03. The van der Waals surface area contributed by atoms with E-state index in [2.05, 4.69) is 23.7 Å². The van der Waals surface area contributed by atoms with Gasteiger partial charge in [-0.2, -0.15) is 0 Å². The summed E-state index contributed by atoms with van der Waals surface area (Å²) in [6.07, 6.45) is 5.19. The molecule has 0 unspecified atom stereocenters. The minimum absolute atomic E-state index is 0.0121. The first kappa shape index (κ1) is 19.1. The van der Waals surface area contributed by atoms with Gasteiger partial charge in [-0.05, 0) is 43.2 Å². The summed E-state index contributed by atoms with van der Waals surface area (Å²) in [5.74, 6) is 1.36. The maximum Gasteiger partial charge on any atom is 0.261 e. The van der Waals surface area contributed by atoms with Crippen molar-refractivity contribution in [2.75, 3.05) is 26.2 Å². The van der Waals surface area contributed by atoms with Crippen LogP contribution in [-0.2, 0) is 11.3 Å². The van der Waals surface area contributed by atoms with Crippen LogP contribution in [-0.4, -0.2) is 57.5 Å². The molecule has 1 aliphatic heterocycles. The highest BCUT2D eigenvalue weighted by Gasteiger charge is 2.33. The van der Waals surface area contributed by atoms with Gasteiger partial charge in [0.05, 0.1) is 17.2 Å². The van der Waals surface area contributed by atoms with Gasteiger partial charge in [0.2, 0.25) is 5.91 Å². The molecular formula is C22H30N4O2. The zero-order valence-electron chi connectivity index (χ0n) is 16.9. The molecule has 1 amide bonds. The standard InChI is InChI=1S/C22H30N4O2/c1-16(2)20-13-25(11-5-10-24(20)12-17-8-9-17)21(27)14-26-15-23-19-7-4-3-6-18(19)22(26)28/h3-4,6-7,15-17,20H,5,8-14H2,1-2H3/t20-/m1/s1. The third kappa shape index (κ3) is 4.12. The van der Waals surface area contributed by atoms with Crippen molar-refractivity contribution < 1.29 is 4.79 Å². The second-order valence-electron chi connectivity index (χ2n) is 8.64. The lowest BCUT2D eigenvalue weighted by Gasteiger charge is -2.34. The number of rotatable bonds is 5. The zero-order chi connectivity index (χ0) is 19.7. The van der Waals surface area contributed by atoms with Gasteiger partial charge in [-0.15, -0.1) is 0 Å². The second-order valence-corrected chi connectivity index (χ2v) is 8.64. The Morgan fingerprint density at radius 3 is 2.75 bits per heavy atom. The average Bonchev–Trinajstić information content (AvgIpc) is 3.51. The Hall–Kier alpha value is -2.21. The van der Waals surface area contributed by atoms with Crippen LogP contribution in [0.15, 0.2) is 35.4 Å². The summed E-state index contributed by atoms with van der Waals surface area (Å²) in [6.45, 7) is 8.29. The molecule has 2 fully saturated rings. The Labute approximate surface area is 166 Å². The quantitative estimate of drug-likeness (QED) is 0.797. The first-order chi connectivity index (χ1) is 13.5. The first-order valence-electron chi connectivity index (χ1n) is 10.5. The van der Waals surface area contributed by atoms with E-state index in [1.165, 1.54) is 30.3 Å². The van der Waals surface area contributed by atoms with Crippen LogP contribution in [0, 0.1) is 11.8 Å². The summed E-state index contributed by atoms with van der Waals surface area (Å²) in [7, 11) is 0. The van der Waals surface area contributed by atoms with Crippen molar-refractivity contribution in [2.24, 2.45) is 11.8 Å². The molecule has 2 aliphatic rings. The summed E-state index contributed by atoms with van der Waals surface area (Å²) in [6, 6.07) is 7.66. The minimum Gasteiger partial charge on any atom is -0.340 e. The van der Waals surface area contributed by atoms with Crippen LogP contribution < -0.4 is 5.56 Å². The molecule has 0 radical (unpaired) electrons. The van der Waals surface area contributed by atoms with Crippen LogP contribution in [0.25, 0.3) is 10.9 Å². The zero-order valence-corrected chi connectivity index (χ0v) is 16.9. The molecule has 1 saturated heterocycles. The average molecular weight is 383 g/mol. The highest BCUT2D eigenvalue weighted by atomic mass is 16.2. The number of nitrogens with zero attached hydrogens (tertiary/aromatic N) is 4. The first-order valence-corrected chi connectivity index (χ1v) is 10.5. The Morgan fingerprint density at radius 1 is 1.21 bits per heavy atom. The van der Waals surface area contributed by atoms with Crippen LogP contribution in [0.1, 0.15) is 33.1 Å². The fraction of sp³-hybridized carbons (Fsp3) is 0.591. The van der Waals surface area contributed by atoms with Crippen molar-refractivity contribution in [2.45, 2.75) is 45.7 Å². The Balaban J connectivity index is 1.49. The Kier molecular flexibility index (Phi) is 5.49. The molecule has 4 rings (SSSR count). The third-order valence-corrected chi connectivity index (χ3v) is 6.10. The molecule has 0 spiro atoms. The lowest BCUT2D eigenvalue weighted by Crippen LogP contribution is -2.47. The van der Waals surface area contributed by atoms with E-state index >= 15 is 0 Å². The van der Waals surface area contributed by atoms with E-state index in [1.54, 1.807) is 6.07 Å². The molecule has 1 aliphatic carbocycles. The van der Waals surface area contributed by atoms with Gasteiger partial charge in [0.25, 0.3) is 5.56 Å². The van der Waals surface area contributed by atoms with Gasteiger partial charge in [0.1, 0.15) is 6.54 Å². The van der Waals surface area contributed by atoms with Gasteiger partial charge < -0.3 is 4.90 Å². The molecule has 6 heteroatoms. The number of para-hydroxylation sites is 1. The predicted octanol–water partition coefficient (Wildman–Crippen LogP) is 2.37. The number of amides is 1. The van der Waals surface area contributed by atoms with Crippen LogP contribution in [0.2, 0.25) is 0 Å². The molecular weight excluding hydrogens is 352 g/mol. The lowest BCUT2D eigenvalue weighted by molar-refractivity contribution is -0.132. The fourth-order valence-electron chi connectivity index (χ4n) is 4.25. The van der Waals surface area contributed by atoms with Crippen molar-refractivity contribution in [3.8, 4) is 0 Å². The molecule has 150 valence electrons. The van der Waals surface area contributed by atoms with E-state index in [9.17, 15) is 9.59 Å². The number of carbonyl (C=O) groups excluding carboxylic acids is 1. The van der Waals surface area contributed by atoms with E-state index in [-0.39, 0.29) is 18.0 Å². The molecule has 1 atom stereocenters. The smallest absolute Gasteiger partial charge is 0.261 e. The normalized spacial score (nSPS) is 21.2. The van der Waals surface area contributed by atoms with Crippen molar-refractivity contribution in [1.29, 1.82) is 0 Å². The summed E-state index contributed by atoms with van der Waals surface area (Å²) in [5, 5.41) is 0.560. The van der Waals surface area contributed by atoms with Crippen molar-refractivity contribution in [1.82, 2.24) is 19.4 Å². The fourth-order valence-corrected chi connectivity index (χ4v) is 4.25. The number of hydrogen-bond donors (Lipinski definition) is 0. The van der Waals surface area contributed by atoms with E-state index < -0.39 is 0 Å². The summed E-state index contributed by atoms with van der Waals surface area (Å²) in [5.41, 5.74) is 0.520. The minimum atomic E-state index is -0.149. The molecule has 6 nitrogen and oxygen atoms in total. The third-order valence-electron chi connectivity index (χ3n) is 6.10. The van der Waals surface area contributed by atoms with Crippen molar-refractivity contribution in [3.63, 3.8) is 0 Å². The number of fused-ring (bicyclic) bond motifs is 1. The summed E-state index contributed by atoms with van der Waals surface area (Å²) in [4.78, 5) is 34.6. The van der Waals surface area contributed by atoms with Crippen LogP contribution in [0.4, 0.5) is 0 Å². The molecule has 2 aromatic rings. The van der Waals surface area contributed by atoms with Gasteiger partial charge in [-0.3, -0.25) is 19.1 Å². The molecule has 1 aromatic heterocycles. The number of aromatic nitrogens is 2. The maximum absolute atomic E-state index is 13.0. The number of carbonyl (C=O) groups is 1. The van der Waals surface area contributed by atoms with Crippen molar-refractivity contribution in [3.05, 3.63) is 40.9 Å². The SMILES string of the molecule is CC(C)[C@H]1CN(C(=O)Cn2cnc3ccccc3c2=O)CCCN1CC1CC1. The Bertz CT molecular complexity index is 903. The predicted molar refractivity (Wildman–Crippen MR) is 110 cm³/mol. The van der Waals surface area contributed by atoms with E-state index in [4.69, 9.17) is 0 Å². The number of benzene rings is 1. The maximum atomic E-state index is 13.0. The van der Waals surface area contributed by atoms with Crippen molar-refractivity contribution >= 4 is 16.8 Å². The summed E-state index contributed by atoms with van der Waals surface area (Å²) < 4.78 is 1.45. The highest BCUT2D eigenvalue weighted by Crippen LogP contribution is 2.31. The molecule has 1 saturated carbocycles.